The first kappa shape index (κ1) is 16.0. The third-order valence-corrected chi connectivity index (χ3v) is 4.46. The van der Waals surface area contributed by atoms with Gasteiger partial charge in [0.05, 0.1) is 0 Å². The second kappa shape index (κ2) is 7.06. The highest BCUT2D eigenvalue weighted by Gasteiger charge is 2.28. The molecule has 0 spiro atoms. The van der Waals surface area contributed by atoms with Crippen molar-refractivity contribution in [2.45, 2.75) is 39.8 Å². The lowest BCUT2D eigenvalue weighted by Gasteiger charge is -2.41. The first-order valence-electron chi connectivity index (χ1n) is 7.63. The third-order valence-electron chi connectivity index (χ3n) is 4.46. The average molecular weight is 289 g/mol. The fourth-order valence-corrected chi connectivity index (χ4v) is 3.15. The van der Waals surface area contributed by atoms with Crippen LogP contribution in [-0.4, -0.2) is 29.2 Å². The Morgan fingerprint density at radius 1 is 1.33 bits per heavy atom. The quantitative estimate of drug-likeness (QED) is 0.846. The maximum absolute atomic E-state index is 14.2. The molecule has 1 fully saturated rings. The highest BCUT2D eigenvalue weighted by molar-refractivity contribution is 5.37. The SMILES string of the molecule is CC1CC(C)C(C)N(Cc2ccc(C#CCO)cc2F)C1. The Kier molecular flexibility index (Phi) is 5.39. The summed E-state index contributed by atoms with van der Waals surface area (Å²) in [5, 5.41) is 8.67. The zero-order valence-corrected chi connectivity index (χ0v) is 13.1. The minimum atomic E-state index is -0.210. The molecule has 0 aromatic heterocycles. The van der Waals surface area contributed by atoms with Crippen LogP contribution in [0.2, 0.25) is 0 Å². The van der Waals surface area contributed by atoms with Crippen molar-refractivity contribution in [2.75, 3.05) is 13.2 Å². The molecule has 1 N–H and O–H groups in total. The van der Waals surface area contributed by atoms with Crippen LogP contribution in [0, 0.1) is 29.5 Å². The zero-order valence-electron chi connectivity index (χ0n) is 13.1. The van der Waals surface area contributed by atoms with E-state index in [1.807, 2.05) is 12.1 Å². The third kappa shape index (κ3) is 4.06. The van der Waals surface area contributed by atoms with Crippen molar-refractivity contribution in [2.24, 2.45) is 11.8 Å². The molecule has 2 rings (SSSR count). The van der Waals surface area contributed by atoms with E-state index in [2.05, 4.69) is 37.5 Å². The van der Waals surface area contributed by atoms with Gasteiger partial charge in [0.25, 0.3) is 0 Å². The van der Waals surface area contributed by atoms with Crippen molar-refractivity contribution in [1.82, 2.24) is 4.90 Å². The summed E-state index contributed by atoms with van der Waals surface area (Å²) in [5.74, 6) is 6.37. The van der Waals surface area contributed by atoms with Crippen LogP contribution in [0.15, 0.2) is 18.2 Å². The summed E-state index contributed by atoms with van der Waals surface area (Å²) in [5.41, 5.74) is 1.33. The second-order valence-corrected chi connectivity index (χ2v) is 6.25. The van der Waals surface area contributed by atoms with Gasteiger partial charge in [-0.2, -0.15) is 0 Å². The van der Waals surface area contributed by atoms with E-state index in [0.29, 0.717) is 30.0 Å². The minimum absolute atomic E-state index is 0.204. The van der Waals surface area contributed by atoms with Crippen molar-refractivity contribution in [3.63, 3.8) is 0 Å². The topological polar surface area (TPSA) is 23.5 Å². The fourth-order valence-electron chi connectivity index (χ4n) is 3.15. The number of piperidine rings is 1. The standard InChI is InChI=1S/C18H24FNO/c1-13-9-14(2)15(3)20(11-13)12-17-7-6-16(5-4-8-21)10-18(17)19/h6-7,10,13-15,21H,8-9,11-12H2,1-3H3. The van der Waals surface area contributed by atoms with Gasteiger partial charge in [-0.3, -0.25) is 4.90 Å². The van der Waals surface area contributed by atoms with Crippen molar-refractivity contribution < 1.29 is 9.50 Å². The molecule has 21 heavy (non-hydrogen) atoms. The molecule has 3 atom stereocenters. The number of benzene rings is 1. The van der Waals surface area contributed by atoms with Crippen LogP contribution in [0.5, 0.6) is 0 Å². The Hall–Kier alpha value is -1.37. The minimum Gasteiger partial charge on any atom is -0.384 e. The van der Waals surface area contributed by atoms with Gasteiger partial charge in [-0.1, -0.05) is 31.8 Å². The fraction of sp³-hybridized carbons (Fsp3) is 0.556. The van der Waals surface area contributed by atoms with Crippen molar-refractivity contribution in [3.05, 3.63) is 35.1 Å². The molecule has 1 aliphatic heterocycles. The van der Waals surface area contributed by atoms with Gasteiger partial charge < -0.3 is 5.11 Å². The molecule has 1 saturated heterocycles. The van der Waals surface area contributed by atoms with Gasteiger partial charge in [0.2, 0.25) is 0 Å². The highest BCUT2D eigenvalue weighted by Crippen LogP contribution is 2.28. The predicted octanol–water partition coefficient (Wildman–Crippen LogP) is 3.04. The summed E-state index contributed by atoms with van der Waals surface area (Å²) in [4.78, 5) is 2.37. The lowest BCUT2D eigenvalue weighted by Crippen LogP contribution is -2.45. The Balaban J connectivity index is 2.12. The van der Waals surface area contributed by atoms with Crippen LogP contribution in [-0.2, 0) is 6.54 Å². The molecule has 0 bridgehead atoms. The smallest absolute Gasteiger partial charge is 0.128 e. The van der Waals surface area contributed by atoms with Gasteiger partial charge in [0.1, 0.15) is 12.4 Å². The van der Waals surface area contributed by atoms with Crippen LogP contribution < -0.4 is 0 Å². The molecular weight excluding hydrogens is 265 g/mol. The van der Waals surface area contributed by atoms with E-state index in [9.17, 15) is 4.39 Å². The molecule has 2 nitrogen and oxygen atoms in total. The van der Waals surface area contributed by atoms with Crippen molar-refractivity contribution >= 4 is 0 Å². The number of hydrogen-bond acceptors (Lipinski definition) is 2. The van der Waals surface area contributed by atoms with Crippen molar-refractivity contribution in [1.29, 1.82) is 0 Å². The number of rotatable bonds is 2. The summed E-state index contributed by atoms with van der Waals surface area (Å²) < 4.78 is 14.2. The highest BCUT2D eigenvalue weighted by atomic mass is 19.1. The summed E-state index contributed by atoms with van der Waals surface area (Å²) in [6, 6.07) is 5.57. The average Bonchev–Trinajstić information content (AvgIpc) is 2.44. The molecule has 3 unspecified atom stereocenters. The number of aliphatic hydroxyl groups excluding tert-OH is 1. The van der Waals surface area contributed by atoms with Gasteiger partial charge in [0, 0.05) is 30.3 Å². The number of nitrogens with zero attached hydrogens (tertiary/aromatic N) is 1. The molecule has 0 radical (unpaired) electrons. The summed E-state index contributed by atoms with van der Waals surface area (Å²) in [6.07, 6.45) is 1.25. The number of aliphatic hydroxyl groups is 1. The summed E-state index contributed by atoms with van der Waals surface area (Å²) in [7, 11) is 0. The summed E-state index contributed by atoms with van der Waals surface area (Å²) >= 11 is 0. The molecule has 0 saturated carbocycles. The number of halogens is 1. The van der Waals surface area contributed by atoms with E-state index in [1.165, 1.54) is 12.5 Å². The lowest BCUT2D eigenvalue weighted by atomic mass is 9.85. The molecular formula is C18H24FNO. The maximum atomic E-state index is 14.2. The second-order valence-electron chi connectivity index (χ2n) is 6.25. The normalized spacial score (nSPS) is 26.2. The van der Waals surface area contributed by atoms with E-state index >= 15 is 0 Å². The van der Waals surface area contributed by atoms with E-state index in [-0.39, 0.29) is 12.4 Å². The van der Waals surface area contributed by atoms with Gasteiger partial charge in [-0.25, -0.2) is 4.39 Å². The summed E-state index contributed by atoms with van der Waals surface area (Å²) in [6.45, 7) is 8.24. The molecule has 1 aliphatic rings. The molecule has 1 aromatic rings. The Bertz CT molecular complexity index is 546. The van der Waals surface area contributed by atoms with Gasteiger partial charge in [-0.15, -0.1) is 0 Å². The molecule has 1 aromatic carbocycles. The Labute approximate surface area is 127 Å². The predicted molar refractivity (Wildman–Crippen MR) is 83.2 cm³/mol. The first-order valence-corrected chi connectivity index (χ1v) is 7.63. The Morgan fingerprint density at radius 2 is 2.10 bits per heavy atom. The monoisotopic (exact) mass is 289 g/mol. The largest absolute Gasteiger partial charge is 0.384 e. The van der Waals surface area contributed by atoms with E-state index in [4.69, 9.17) is 5.11 Å². The molecule has 1 heterocycles. The van der Waals surface area contributed by atoms with Crippen LogP contribution in [0.3, 0.4) is 0 Å². The molecule has 0 amide bonds. The van der Waals surface area contributed by atoms with Crippen LogP contribution in [0.1, 0.15) is 38.3 Å². The van der Waals surface area contributed by atoms with Gasteiger partial charge >= 0.3 is 0 Å². The molecule has 3 heteroatoms. The van der Waals surface area contributed by atoms with Crippen LogP contribution in [0.25, 0.3) is 0 Å². The van der Waals surface area contributed by atoms with Crippen LogP contribution >= 0.6 is 0 Å². The van der Waals surface area contributed by atoms with Gasteiger partial charge in [-0.05, 0) is 37.3 Å². The maximum Gasteiger partial charge on any atom is 0.128 e. The van der Waals surface area contributed by atoms with E-state index < -0.39 is 0 Å². The number of likely N-dealkylation sites (tertiary alicyclic amines) is 1. The van der Waals surface area contributed by atoms with Crippen LogP contribution in [0.4, 0.5) is 4.39 Å². The molecule has 114 valence electrons. The Morgan fingerprint density at radius 3 is 2.76 bits per heavy atom. The molecule has 0 aliphatic carbocycles. The first-order chi connectivity index (χ1) is 10.0. The van der Waals surface area contributed by atoms with E-state index in [1.54, 1.807) is 0 Å². The lowest BCUT2D eigenvalue weighted by molar-refractivity contribution is 0.0720. The van der Waals surface area contributed by atoms with E-state index in [0.717, 1.165) is 12.1 Å². The number of hydrogen-bond donors (Lipinski definition) is 1. The van der Waals surface area contributed by atoms with Crippen molar-refractivity contribution in [3.8, 4) is 11.8 Å². The van der Waals surface area contributed by atoms with Gasteiger partial charge in [0.15, 0.2) is 0 Å². The zero-order chi connectivity index (χ0) is 15.4.